The third kappa shape index (κ3) is 4.06. The van der Waals surface area contributed by atoms with Crippen molar-refractivity contribution < 1.29 is 13.7 Å². The van der Waals surface area contributed by atoms with Crippen LogP contribution >= 0.6 is 0 Å². The number of hydrogen-bond donors (Lipinski definition) is 0. The number of aryl methyl sites for hydroxylation is 1. The molecule has 2 aromatic rings. The van der Waals surface area contributed by atoms with E-state index in [1.165, 1.54) is 44.0 Å². The zero-order valence-electron chi connectivity index (χ0n) is 15.0. The molecule has 1 saturated heterocycles. The van der Waals surface area contributed by atoms with Gasteiger partial charge in [0.15, 0.2) is 6.54 Å². The van der Waals surface area contributed by atoms with E-state index in [0.717, 1.165) is 50.2 Å². The molecule has 0 radical (unpaired) electrons. The van der Waals surface area contributed by atoms with E-state index < -0.39 is 0 Å². The second kappa shape index (κ2) is 8.05. The van der Waals surface area contributed by atoms with Gasteiger partial charge in [-0.2, -0.15) is 4.57 Å². The van der Waals surface area contributed by atoms with Crippen molar-refractivity contribution >= 4 is 17.2 Å². The summed E-state index contributed by atoms with van der Waals surface area (Å²) >= 11 is 0. The van der Waals surface area contributed by atoms with E-state index in [0.29, 0.717) is 0 Å². The third-order valence-corrected chi connectivity index (χ3v) is 5.58. The summed E-state index contributed by atoms with van der Waals surface area (Å²) < 4.78 is 13.9. The molecule has 2 fully saturated rings. The molecule has 25 heavy (non-hydrogen) atoms. The number of ether oxygens (including phenoxy) is 1. The first-order valence-electron chi connectivity index (χ1n) is 9.81. The van der Waals surface area contributed by atoms with Gasteiger partial charge in [0.2, 0.25) is 5.58 Å². The van der Waals surface area contributed by atoms with Crippen LogP contribution in [0.5, 0.6) is 0 Å². The fourth-order valence-corrected chi connectivity index (χ4v) is 4.14. The Hall–Kier alpha value is -1.81. The molecule has 1 saturated carbocycles. The molecule has 0 bridgehead atoms. The summed E-state index contributed by atoms with van der Waals surface area (Å²) in [5, 5.41) is 0. The maximum absolute atomic E-state index is 6.13. The molecular weight excluding hydrogens is 312 g/mol. The van der Waals surface area contributed by atoms with Crippen molar-refractivity contribution in [1.29, 1.82) is 0 Å². The molecular formula is C21H29N2O2+. The lowest BCUT2D eigenvalue weighted by Gasteiger charge is -2.24. The van der Waals surface area contributed by atoms with Gasteiger partial charge in [0.05, 0.1) is 19.3 Å². The lowest BCUT2D eigenvalue weighted by atomic mass is 10.0. The van der Waals surface area contributed by atoms with Gasteiger partial charge in [0.25, 0.3) is 5.52 Å². The van der Waals surface area contributed by atoms with Crippen molar-refractivity contribution in [3.05, 3.63) is 36.4 Å². The summed E-state index contributed by atoms with van der Waals surface area (Å²) in [5.74, 6) is 1.91. The number of para-hydroxylation sites is 2. The summed E-state index contributed by atoms with van der Waals surface area (Å²) in [6.45, 7) is 4.57. The van der Waals surface area contributed by atoms with Gasteiger partial charge in [-0.1, -0.05) is 37.8 Å². The zero-order valence-corrected chi connectivity index (χ0v) is 15.0. The highest BCUT2D eigenvalue weighted by atomic mass is 16.5. The minimum Gasteiger partial charge on any atom is -0.398 e. The van der Waals surface area contributed by atoms with Crippen LogP contribution in [0.15, 0.2) is 34.9 Å². The van der Waals surface area contributed by atoms with Gasteiger partial charge in [-0.05, 0) is 18.4 Å². The van der Waals surface area contributed by atoms with E-state index in [9.17, 15) is 0 Å². The van der Waals surface area contributed by atoms with Gasteiger partial charge >= 0.3 is 5.89 Å². The normalized spacial score (nSPS) is 19.4. The van der Waals surface area contributed by atoms with Crippen LogP contribution in [-0.2, 0) is 11.3 Å². The van der Waals surface area contributed by atoms with Crippen molar-refractivity contribution in [3.63, 3.8) is 0 Å². The predicted octanol–water partition coefficient (Wildman–Crippen LogP) is 3.99. The Bertz CT molecular complexity index is 710. The standard InChI is InChI=1S/C21H29N2O2/c1-2-7-18(6-1)8-5-12-23-19-9-3-4-10-20(19)25-21(23)11-13-22-14-16-24-17-15-22/h3-4,9-11,13,18H,1-2,5-8,12,14-17H2/q+1. The summed E-state index contributed by atoms with van der Waals surface area (Å²) in [6, 6.07) is 8.38. The molecule has 0 N–H and O–H groups in total. The number of rotatable bonds is 6. The van der Waals surface area contributed by atoms with Crippen molar-refractivity contribution in [3.8, 4) is 0 Å². The van der Waals surface area contributed by atoms with Gasteiger partial charge in [-0.15, -0.1) is 0 Å². The summed E-state index contributed by atoms with van der Waals surface area (Å²) in [6.07, 6.45) is 12.6. The Morgan fingerprint density at radius 1 is 1.12 bits per heavy atom. The fourth-order valence-electron chi connectivity index (χ4n) is 4.14. The topological polar surface area (TPSA) is 29.5 Å². The molecule has 0 amide bonds. The predicted molar refractivity (Wildman–Crippen MR) is 99.0 cm³/mol. The molecule has 1 aliphatic heterocycles. The molecule has 1 aromatic carbocycles. The number of hydrogen-bond acceptors (Lipinski definition) is 3. The summed E-state index contributed by atoms with van der Waals surface area (Å²) in [7, 11) is 0. The number of fused-ring (bicyclic) bond motifs is 1. The first-order chi connectivity index (χ1) is 12.4. The highest BCUT2D eigenvalue weighted by Gasteiger charge is 2.22. The van der Waals surface area contributed by atoms with Crippen LogP contribution in [0.1, 0.15) is 44.4 Å². The largest absolute Gasteiger partial charge is 0.398 e. The molecule has 134 valence electrons. The van der Waals surface area contributed by atoms with Gasteiger partial charge in [-0.3, -0.25) is 0 Å². The van der Waals surface area contributed by atoms with E-state index in [-0.39, 0.29) is 0 Å². The van der Waals surface area contributed by atoms with Crippen molar-refractivity contribution in [2.75, 3.05) is 26.3 Å². The molecule has 0 spiro atoms. The van der Waals surface area contributed by atoms with E-state index in [1.54, 1.807) is 0 Å². The Morgan fingerprint density at radius 2 is 1.92 bits per heavy atom. The van der Waals surface area contributed by atoms with Crippen LogP contribution < -0.4 is 4.57 Å². The van der Waals surface area contributed by atoms with E-state index in [4.69, 9.17) is 9.15 Å². The molecule has 4 nitrogen and oxygen atoms in total. The molecule has 2 aliphatic rings. The number of nitrogens with zero attached hydrogens (tertiary/aromatic N) is 2. The molecule has 2 heterocycles. The maximum atomic E-state index is 6.13. The second-order valence-electron chi connectivity index (χ2n) is 7.32. The third-order valence-electron chi connectivity index (χ3n) is 5.58. The Labute approximate surface area is 150 Å². The van der Waals surface area contributed by atoms with Crippen molar-refractivity contribution in [1.82, 2.24) is 4.90 Å². The number of morpholine rings is 1. The van der Waals surface area contributed by atoms with Crippen LogP contribution in [0.2, 0.25) is 0 Å². The first-order valence-corrected chi connectivity index (χ1v) is 9.81. The van der Waals surface area contributed by atoms with E-state index in [2.05, 4.69) is 39.9 Å². The van der Waals surface area contributed by atoms with Crippen LogP contribution in [0, 0.1) is 5.92 Å². The average Bonchev–Trinajstić information content (AvgIpc) is 3.29. The average molecular weight is 341 g/mol. The number of benzene rings is 1. The van der Waals surface area contributed by atoms with Crippen LogP contribution in [-0.4, -0.2) is 31.2 Å². The second-order valence-corrected chi connectivity index (χ2v) is 7.32. The van der Waals surface area contributed by atoms with Crippen molar-refractivity contribution in [2.45, 2.75) is 45.1 Å². The Kier molecular flexibility index (Phi) is 5.36. The van der Waals surface area contributed by atoms with E-state index >= 15 is 0 Å². The van der Waals surface area contributed by atoms with E-state index in [1.807, 2.05) is 6.07 Å². The molecule has 1 aliphatic carbocycles. The Morgan fingerprint density at radius 3 is 2.76 bits per heavy atom. The Balaban J connectivity index is 1.49. The smallest absolute Gasteiger partial charge is 0.375 e. The molecule has 0 unspecified atom stereocenters. The van der Waals surface area contributed by atoms with Gasteiger partial charge in [-0.25, -0.2) is 0 Å². The minimum absolute atomic E-state index is 0.811. The SMILES string of the molecule is C(=C\N1CCOCC1)/c1oc2ccccc2[n+]1CCCC1CCCC1. The highest BCUT2D eigenvalue weighted by molar-refractivity contribution is 5.69. The molecule has 4 heteroatoms. The molecule has 4 rings (SSSR count). The summed E-state index contributed by atoms with van der Waals surface area (Å²) in [4.78, 5) is 2.31. The van der Waals surface area contributed by atoms with Crippen LogP contribution in [0.3, 0.4) is 0 Å². The minimum atomic E-state index is 0.811. The molecule has 1 aromatic heterocycles. The van der Waals surface area contributed by atoms with Crippen molar-refractivity contribution in [2.24, 2.45) is 5.92 Å². The van der Waals surface area contributed by atoms with Crippen LogP contribution in [0.4, 0.5) is 0 Å². The van der Waals surface area contributed by atoms with Gasteiger partial charge < -0.3 is 14.1 Å². The first kappa shape index (κ1) is 16.6. The highest BCUT2D eigenvalue weighted by Crippen LogP contribution is 2.28. The lowest BCUT2D eigenvalue weighted by Crippen LogP contribution is -2.36. The quantitative estimate of drug-likeness (QED) is 0.744. The number of oxazole rings is 1. The monoisotopic (exact) mass is 341 g/mol. The lowest BCUT2D eigenvalue weighted by molar-refractivity contribution is -0.678. The zero-order chi connectivity index (χ0) is 16.9. The molecule has 0 atom stereocenters. The fraction of sp³-hybridized carbons (Fsp3) is 0.571. The van der Waals surface area contributed by atoms with Gasteiger partial charge in [0, 0.05) is 31.8 Å². The van der Waals surface area contributed by atoms with Crippen LogP contribution in [0.25, 0.3) is 17.2 Å². The maximum Gasteiger partial charge on any atom is 0.375 e. The van der Waals surface area contributed by atoms with Gasteiger partial charge in [0.1, 0.15) is 0 Å². The summed E-state index contributed by atoms with van der Waals surface area (Å²) in [5.41, 5.74) is 2.18. The number of aromatic nitrogens is 1.